The first-order chi connectivity index (χ1) is 8.66. The number of nitrogens with zero attached hydrogens (tertiary/aromatic N) is 1. The SMILES string of the molecule is O[C@H]1[C@H](O)CN(CCCc2ccccc2)C[C@@H]1O. The largest absolute Gasteiger partial charge is 0.389 e. The summed E-state index contributed by atoms with van der Waals surface area (Å²) < 4.78 is 0. The van der Waals surface area contributed by atoms with E-state index in [2.05, 4.69) is 12.1 Å². The predicted octanol–water partition coefficient (Wildman–Crippen LogP) is 0.0175. The summed E-state index contributed by atoms with van der Waals surface area (Å²) >= 11 is 0. The van der Waals surface area contributed by atoms with E-state index in [-0.39, 0.29) is 0 Å². The van der Waals surface area contributed by atoms with Gasteiger partial charge in [-0.05, 0) is 24.9 Å². The number of benzene rings is 1. The van der Waals surface area contributed by atoms with E-state index in [0.29, 0.717) is 13.1 Å². The maximum atomic E-state index is 9.58. The number of hydrogen-bond acceptors (Lipinski definition) is 4. The molecule has 0 unspecified atom stereocenters. The first-order valence-corrected chi connectivity index (χ1v) is 6.47. The van der Waals surface area contributed by atoms with Gasteiger partial charge < -0.3 is 15.3 Å². The molecule has 3 N–H and O–H groups in total. The molecule has 0 aliphatic carbocycles. The Morgan fingerprint density at radius 3 is 2.22 bits per heavy atom. The molecule has 0 bridgehead atoms. The highest BCUT2D eigenvalue weighted by Gasteiger charge is 2.32. The van der Waals surface area contributed by atoms with Crippen LogP contribution < -0.4 is 0 Å². The zero-order chi connectivity index (χ0) is 13.0. The van der Waals surface area contributed by atoms with E-state index in [1.54, 1.807) is 0 Å². The number of piperidine rings is 1. The lowest BCUT2D eigenvalue weighted by Crippen LogP contribution is -2.55. The minimum Gasteiger partial charge on any atom is -0.389 e. The molecular formula is C14H21NO3. The van der Waals surface area contributed by atoms with Crippen LogP contribution in [-0.4, -0.2) is 58.2 Å². The highest BCUT2D eigenvalue weighted by molar-refractivity contribution is 5.14. The number of rotatable bonds is 4. The van der Waals surface area contributed by atoms with Crippen molar-refractivity contribution in [1.82, 2.24) is 4.90 Å². The molecule has 0 radical (unpaired) electrons. The quantitative estimate of drug-likeness (QED) is 0.706. The Hall–Kier alpha value is -0.940. The van der Waals surface area contributed by atoms with Gasteiger partial charge in [-0.1, -0.05) is 30.3 Å². The van der Waals surface area contributed by atoms with E-state index < -0.39 is 18.3 Å². The predicted molar refractivity (Wildman–Crippen MR) is 69.2 cm³/mol. The van der Waals surface area contributed by atoms with Crippen molar-refractivity contribution in [2.75, 3.05) is 19.6 Å². The van der Waals surface area contributed by atoms with Gasteiger partial charge in [-0.2, -0.15) is 0 Å². The topological polar surface area (TPSA) is 63.9 Å². The van der Waals surface area contributed by atoms with Gasteiger partial charge in [0.1, 0.15) is 6.10 Å². The van der Waals surface area contributed by atoms with Crippen molar-refractivity contribution in [2.24, 2.45) is 0 Å². The van der Waals surface area contributed by atoms with Gasteiger partial charge in [0.15, 0.2) is 0 Å². The van der Waals surface area contributed by atoms with Gasteiger partial charge in [0.05, 0.1) is 12.2 Å². The minimum atomic E-state index is -1.00. The van der Waals surface area contributed by atoms with E-state index in [4.69, 9.17) is 0 Å². The van der Waals surface area contributed by atoms with E-state index in [1.807, 2.05) is 23.1 Å². The number of hydrogen-bond donors (Lipinski definition) is 3. The van der Waals surface area contributed by atoms with E-state index in [9.17, 15) is 15.3 Å². The van der Waals surface area contributed by atoms with Gasteiger partial charge in [0, 0.05) is 13.1 Å². The summed E-state index contributed by atoms with van der Waals surface area (Å²) in [5.41, 5.74) is 1.30. The molecule has 0 saturated carbocycles. The van der Waals surface area contributed by atoms with E-state index >= 15 is 0 Å². The van der Waals surface area contributed by atoms with Crippen molar-refractivity contribution in [3.8, 4) is 0 Å². The highest BCUT2D eigenvalue weighted by Crippen LogP contribution is 2.13. The monoisotopic (exact) mass is 251 g/mol. The average molecular weight is 251 g/mol. The molecule has 1 aliphatic rings. The standard InChI is InChI=1S/C14H21NO3/c16-12-9-15(10-13(17)14(12)18)8-4-7-11-5-2-1-3-6-11/h1-3,5-6,12-14,16-18H,4,7-10H2/t12-,13+,14+. The zero-order valence-corrected chi connectivity index (χ0v) is 10.4. The van der Waals surface area contributed by atoms with Gasteiger partial charge in [0.25, 0.3) is 0 Å². The van der Waals surface area contributed by atoms with Crippen molar-refractivity contribution < 1.29 is 15.3 Å². The molecule has 1 fully saturated rings. The number of β-amino-alcohol motifs (C(OH)–C–C–N with tert-alkyl or cyclic N) is 2. The van der Waals surface area contributed by atoms with Gasteiger partial charge in [-0.25, -0.2) is 0 Å². The molecule has 1 aliphatic heterocycles. The Kier molecular flexibility index (Phi) is 4.72. The molecule has 0 spiro atoms. The third-order valence-electron chi connectivity index (χ3n) is 3.46. The molecule has 3 atom stereocenters. The van der Waals surface area contributed by atoms with Crippen molar-refractivity contribution in [3.63, 3.8) is 0 Å². The Morgan fingerprint density at radius 2 is 1.61 bits per heavy atom. The number of aryl methyl sites for hydroxylation is 1. The third-order valence-corrected chi connectivity index (χ3v) is 3.46. The fraction of sp³-hybridized carbons (Fsp3) is 0.571. The van der Waals surface area contributed by atoms with Crippen molar-refractivity contribution in [3.05, 3.63) is 35.9 Å². The lowest BCUT2D eigenvalue weighted by Gasteiger charge is -2.36. The second-order valence-electron chi connectivity index (χ2n) is 4.97. The van der Waals surface area contributed by atoms with Crippen LogP contribution in [0.15, 0.2) is 30.3 Å². The van der Waals surface area contributed by atoms with Crippen LogP contribution >= 0.6 is 0 Å². The fourth-order valence-electron chi connectivity index (χ4n) is 2.41. The summed E-state index contributed by atoms with van der Waals surface area (Å²) in [5.74, 6) is 0. The number of aliphatic hydroxyl groups is 3. The first-order valence-electron chi connectivity index (χ1n) is 6.47. The summed E-state index contributed by atoms with van der Waals surface area (Å²) in [7, 11) is 0. The summed E-state index contributed by atoms with van der Waals surface area (Å²) in [4.78, 5) is 2.00. The Bertz CT molecular complexity index is 345. The Labute approximate surface area is 107 Å². The van der Waals surface area contributed by atoms with Crippen LogP contribution in [0.5, 0.6) is 0 Å². The molecule has 1 aromatic rings. The molecule has 0 aromatic heterocycles. The summed E-state index contributed by atoms with van der Waals surface area (Å²) in [5, 5.41) is 28.6. The molecule has 4 heteroatoms. The van der Waals surface area contributed by atoms with E-state index in [1.165, 1.54) is 5.56 Å². The minimum absolute atomic E-state index is 0.438. The van der Waals surface area contributed by atoms with Gasteiger partial charge in [-0.3, -0.25) is 4.90 Å². The van der Waals surface area contributed by atoms with Gasteiger partial charge in [-0.15, -0.1) is 0 Å². The second kappa shape index (κ2) is 6.29. The lowest BCUT2D eigenvalue weighted by molar-refractivity contribution is -0.109. The van der Waals surface area contributed by atoms with Crippen LogP contribution in [-0.2, 0) is 6.42 Å². The van der Waals surface area contributed by atoms with Crippen LogP contribution in [0.25, 0.3) is 0 Å². The molecular weight excluding hydrogens is 230 g/mol. The van der Waals surface area contributed by atoms with Crippen LogP contribution in [0.2, 0.25) is 0 Å². The van der Waals surface area contributed by atoms with Gasteiger partial charge >= 0.3 is 0 Å². The molecule has 100 valence electrons. The van der Waals surface area contributed by atoms with Crippen LogP contribution in [0.4, 0.5) is 0 Å². The third kappa shape index (κ3) is 3.53. The molecule has 2 rings (SSSR count). The smallest absolute Gasteiger partial charge is 0.108 e. The Balaban J connectivity index is 1.74. The molecule has 4 nitrogen and oxygen atoms in total. The first kappa shape index (κ1) is 13.5. The maximum Gasteiger partial charge on any atom is 0.108 e. The van der Waals surface area contributed by atoms with Gasteiger partial charge in [0.2, 0.25) is 0 Å². The fourth-order valence-corrected chi connectivity index (χ4v) is 2.41. The van der Waals surface area contributed by atoms with Crippen LogP contribution in [0.1, 0.15) is 12.0 Å². The highest BCUT2D eigenvalue weighted by atomic mass is 16.4. The van der Waals surface area contributed by atoms with Crippen LogP contribution in [0, 0.1) is 0 Å². The summed E-state index contributed by atoms with van der Waals surface area (Å²) in [6, 6.07) is 10.3. The normalized spacial score (nSPS) is 29.4. The molecule has 1 saturated heterocycles. The molecule has 18 heavy (non-hydrogen) atoms. The maximum absolute atomic E-state index is 9.58. The lowest BCUT2D eigenvalue weighted by atomic mass is 10.0. The van der Waals surface area contributed by atoms with Crippen molar-refractivity contribution >= 4 is 0 Å². The molecule has 1 aromatic carbocycles. The second-order valence-corrected chi connectivity index (χ2v) is 4.97. The van der Waals surface area contributed by atoms with Crippen LogP contribution in [0.3, 0.4) is 0 Å². The van der Waals surface area contributed by atoms with Crippen molar-refractivity contribution in [2.45, 2.75) is 31.2 Å². The Morgan fingerprint density at radius 1 is 1.00 bits per heavy atom. The number of aliphatic hydroxyl groups excluding tert-OH is 3. The molecule has 1 heterocycles. The number of likely N-dealkylation sites (tertiary alicyclic amines) is 1. The van der Waals surface area contributed by atoms with E-state index in [0.717, 1.165) is 19.4 Å². The zero-order valence-electron chi connectivity index (χ0n) is 10.4. The summed E-state index contributed by atoms with van der Waals surface area (Å²) in [6.07, 6.45) is -0.711. The average Bonchev–Trinajstić information content (AvgIpc) is 2.37. The summed E-state index contributed by atoms with van der Waals surface area (Å²) in [6.45, 7) is 1.70. The molecule has 0 amide bonds. The van der Waals surface area contributed by atoms with Crippen molar-refractivity contribution in [1.29, 1.82) is 0 Å².